The van der Waals surface area contributed by atoms with Crippen LogP contribution in [0.5, 0.6) is 0 Å². The van der Waals surface area contributed by atoms with Gasteiger partial charge in [0.25, 0.3) is 0 Å². The van der Waals surface area contributed by atoms with Gasteiger partial charge in [-0.05, 0) is 30.5 Å². The predicted molar refractivity (Wildman–Crippen MR) is 65.0 cm³/mol. The third-order valence-electron chi connectivity index (χ3n) is 3.47. The molecule has 0 spiro atoms. The van der Waals surface area contributed by atoms with Crippen molar-refractivity contribution in [1.82, 2.24) is 10.2 Å². The van der Waals surface area contributed by atoms with E-state index in [1.807, 2.05) is 0 Å². The van der Waals surface area contributed by atoms with Crippen LogP contribution in [0.2, 0.25) is 0 Å². The molecule has 0 saturated heterocycles. The first-order chi connectivity index (χ1) is 8.25. The van der Waals surface area contributed by atoms with Crippen LogP contribution in [0.4, 0.5) is 10.2 Å². The summed E-state index contributed by atoms with van der Waals surface area (Å²) in [6.07, 6.45) is 3.61. The molecule has 1 fully saturated rings. The SMILES string of the molecule is Nc1n[nH]c(C2CCC2)c1-c1ccc(F)cc1. The number of benzene rings is 1. The van der Waals surface area contributed by atoms with Gasteiger partial charge < -0.3 is 5.73 Å². The van der Waals surface area contributed by atoms with Crippen molar-refractivity contribution in [2.45, 2.75) is 25.2 Å². The lowest BCUT2D eigenvalue weighted by molar-refractivity contribution is 0.411. The predicted octanol–water partition coefficient (Wildman–Crippen LogP) is 3.07. The zero-order valence-corrected chi connectivity index (χ0v) is 9.41. The molecule has 3 N–H and O–H groups in total. The molecular formula is C13H14FN3. The maximum atomic E-state index is 12.9. The minimum absolute atomic E-state index is 0.235. The zero-order chi connectivity index (χ0) is 11.8. The lowest BCUT2D eigenvalue weighted by atomic mass is 9.80. The highest BCUT2D eigenvalue weighted by molar-refractivity contribution is 5.76. The zero-order valence-electron chi connectivity index (χ0n) is 9.41. The molecule has 1 aliphatic carbocycles. The quantitative estimate of drug-likeness (QED) is 0.834. The molecule has 1 aromatic heterocycles. The Morgan fingerprint density at radius 3 is 2.53 bits per heavy atom. The highest BCUT2D eigenvalue weighted by Gasteiger charge is 2.26. The molecule has 0 atom stereocenters. The maximum absolute atomic E-state index is 12.9. The molecule has 2 aromatic rings. The van der Waals surface area contributed by atoms with E-state index >= 15 is 0 Å². The number of aromatic nitrogens is 2. The molecule has 0 unspecified atom stereocenters. The number of nitrogens with two attached hydrogens (primary N) is 1. The highest BCUT2D eigenvalue weighted by atomic mass is 19.1. The summed E-state index contributed by atoms with van der Waals surface area (Å²) < 4.78 is 12.9. The van der Waals surface area contributed by atoms with Crippen LogP contribution in [-0.4, -0.2) is 10.2 Å². The third-order valence-corrected chi connectivity index (χ3v) is 3.47. The van der Waals surface area contributed by atoms with Crippen molar-refractivity contribution >= 4 is 5.82 Å². The van der Waals surface area contributed by atoms with Crippen LogP contribution in [0.1, 0.15) is 30.9 Å². The molecular weight excluding hydrogens is 217 g/mol. The van der Waals surface area contributed by atoms with Gasteiger partial charge in [-0.15, -0.1) is 0 Å². The number of halogens is 1. The smallest absolute Gasteiger partial charge is 0.153 e. The molecule has 1 aliphatic rings. The van der Waals surface area contributed by atoms with E-state index in [-0.39, 0.29) is 5.82 Å². The number of rotatable bonds is 2. The Labute approximate surface area is 98.8 Å². The minimum atomic E-state index is -0.235. The second-order valence-electron chi connectivity index (χ2n) is 4.53. The number of anilines is 1. The Morgan fingerprint density at radius 2 is 1.94 bits per heavy atom. The molecule has 3 nitrogen and oxygen atoms in total. The van der Waals surface area contributed by atoms with Crippen LogP contribution in [0.15, 0.2) is 24.3 Å². The van der Waals surface area contributed by atoms with Crippen molar-refractivity contribution in [3.63, 3.8) is 0 Å². The van der Waals surface area contributed by atoms with Gasteiger partial charge in [-0.1, -0.05) is 18.6 Å². The number of hydrogen-bond donors (Lipinski definition) is 2. The van der Waals surface area contributed by atoms with E-state index in [9.17, 15) is 4.39 Å². The lowest BCUT2D eigenvalue weighted by Crippen LogP contribution is -2.10. The summed E-state index contributed by atoms with van der Waals surface area (Å²) in [4.78, 5) is 0. The molecule has 3 rings (SSSR count). The van der Waals surface area contributed by atoms with Crippen LogP contribution in [0.25, 0.3) is 11.1 Å². The lowest BCUT2D eigenvalue weighted by Gasteiger charge is -2.25. The largest absolute Gasteiger partial charge is 0.382 e. The molecule has 0 radical (unpaired) electrons. The molecule has 0 amide bonds. The van der Waals surface area contributed by atoms with Crippen molar-refractivity contribution in [2.24, 2.45) is 0 Å². The Kier molecular flexibility index (Phi) is 2.35. The van der Waals surface area contributed by atoms with Crippen LogP contribution in [-0.2, 0) is 0 Å². The first kappa shape index (κ1) is 10.3. The van der Waals surface area contributed by atoms with Crippen LogP contribution < -0.4 is 5.73 Å². The fourth-order valence-electron chi connectivity index (χ4n) is 2.28. The van der Waals surface area contributed by atoms with Gasteiger partial charge in [-0.2, -0.15) is 5.10 Å². The highest BCUT2D eigenvalue weighted by Crippen LogP contribution is 2.41. The molecule has 4 heteroatoms. The van der Waals surface area contributed by atoms with E-state index in [0.717, 1.165) is 16.8 Å². The first-order valence-electron chi connectivity index (χ1n) is 5.85. The van der Waals surface area contributed by atoms with Gasteiger partial charge in [0.05, 0.1) is 0 Å². The molecule has 0 bridgehead atoms. The maximum Gasteiger partial charge on any atom is 0.153 e. The van der Waals surface area contributed by atoms with Crippen molar-refractivity contribution in [1.29, 1.82) is 0 Å². The van der Waals surface area contributed by atoms with E-state index in [2.05, 4.69) is 10.2 Å². The normalized spacial score (nSPS) is 15.8. The topological polar surface area (TPSA) is 54.7 Å². The molecule has 88 valence electrons. The Hall–Kier alpha value is -1.84. The van der Waals surface area contributed by atoms with Crippen molar-refractivity contribution in [3.05, 3.63) is 35.8 Å². The van der Waals surface area contributed by atoms with E-state index in [4.69, 9.17) is 5.73 Å². The van der Waals surface area contributed by atoms with Gasteiger partial charge in [0.2, 0.25) is 0 Å². The van der Waals surface area contributed by atoms with Crippen molar-refractivity contribution in [2.75, 3.05) is 5.73 Å². The number of nitrogens with one attached hydrogen (secondary N) is 1. The van der Waals surface area contributed by atoms with Gasteiger partial charge in [0.1, 0.15) is 5.82 Å². The monoisotopic (exact) mass is 231 g/mol. The summed E-state index contributed by atoms with van der Waals surface area (Å²) in [6, 6.07) is 6.40. The van der Waals surface area contributed by atoms with Crippen molar-refractivity contribution in [3.8, 4) is 11.1 Å². The number of nitrogens with zero attached hydrogens (tertiary/aromatic N) is 1. The summed E-state index contributed by atoms with van der Waals surface area (Å²) >= 11 is 0. The number of hydrogen-bond acceptors (Lipinski definition) is 2. The van der Waals surface area contributed by atoms with Crippen LogP contribution >= 0.6 is 0 Å². The Bertz CT molecular complexity index is 526. The number of H-pyrrole nitrogens is 1. The van der Waals surface area contributed by atoms with Gasteiger partial charge in [-0.25, -0.2) is 4.39 Å². The molecule has 0 aliphatic heterocycles. The summed E-state index contributed by atoms with van der Waals surface area (Å²) in [7, 11) is 0. The Morgan fingerprint density at radius 1 is 1.24 bits per heavy atom. The number of nitrogen functional groups attached to an aromatic ring is 1. The molecule has 1 heterocycles. The average Bonchev–Trinajstić information content (AvgIpc) is 2.60. The second kappa shape index (κ2) is 3.87. The number of aromatic amines is 1. The summed E-state index contributed by atoms with van der Waals surface area (Å²) in [5.41, 5.74) is 8.86. The van der Waals surface area contributed by atoms with Crippen LogP contribution in [0.3, 0.4) is 0 Å². The minimum Gasteiger partial charge on any atom is -0.382 e. The van der Waals surface area contributed by atoms with Gasteiger partial charge in [0.15, 0.2) is 5.82 Å². The fraction of sp³-hybridized carbons (Fsp3) is 0.308. The van der Waals surface area contributed by atoms with E-state index in [0.29, 0.717) is 11.7 Å². The summed E-state index contributed by atoms with van der Waals surface area (Å²) in [6.45, 7) is 0. The van der Waals surface area contributed by atoms with E-state index in [1.54, 1.807) is 12.1 Å². The van der Waals surface area contributed by atoms with Gasteiger partial charge in [0, 0.05) is 17.2 Å². The third kappa shape index (κ3) is 1.69. The molecule has 1 saturated carbocycles. The van der Waals surface area contributed by atoms with E-state index in [1.165, 1.54) is 31.4 Å². The fourth-order valence-corrected chi connectivity index (χ4v) is 2.28. The second-order valence-corrected chi connectivity index (χ2v) is 4.53. The molecule has 17 heavy (non-hydrogen) atoms. The standard InChI is InChI=1S/C13H14FN3/c14-10-6-4-8(5-7-10)11-12(9-2-1-3-9)16-17-13(11)15/h4-7,9H,1-3H2,(H3,15,16,17). The molecule has 1 aromatic carbocycles. The van der Waals surface area contributed by atoms with Gasteiger partial charge in [-0.3, -0.25) is 5.10 Å². The van der Waals surface area contributed by atoms with Gasteiger partial charge >= 0.3 is 0 Å². The van der Waals surface area contributed by atoms with Crippen molar-refractivity contribution < 1.29 is 4.39 Å². The Balaban J connectivity index is 2.06. The summed E-state index contributed by atoms with van der Waals surface area (Å²) in [5.74, 6) is 0.791. The average molecular weight is 231 g/mol. The first-order valence-corrected chi connectivity index (χ1v) is 5.85. The van der Waals surface area contributed by atoms with E-state index < -0.39 is 0 Å². The summed E-state index contributed by atoms with van der Waals surface area (Å²) in [5, 5.41) is 7.10. The van der Waals surface area contributed by atoms with Crippen LogP contribution in [0, 0.1) is 5.82 Å².